The monoisotopic (exact) mass is 548 g/mol. The van der Waals surface area contributed by atoms with Gasteiger partial charge in [0, 0.05) is 29.6 Å². The van der Waals surface area contributed by atoms with Gasteiger partial charge in [0.25, 0.3) is 5.91 Å². The summed E-state index contributed by atoms with van der Waals surface area (Å²) < 4.78 is 10.5. The number of aliphatic imine (C=N–C) groups is 1. The minimum absolute atomic E-state index is 0.0117. The maximum atomic E-state index is 12.8. The van der Waals surface area contributed by atoms with Gasteiger partial charge in [-0.25, -0.2) is 5.01 Å². The number of anilines is 1. The minimum atomic E-state index is -0.637. The standard InChI is InChI=1S/C28H25ClN4O4S/c1-36-21-12-8-17(9-13-21)23-15-24(18-6-10-19(29)11-7-18)33(32-23)28-31-27(35)25(38-28)16-26(34)30-20-4-3-5-22(14-20)37-2/h3-14,24-25H,15-16H2,1-2H3,(H,30,34)/t24-,25+/m1/s1. The highest BCUT2D eigenvalue weighted by molar-refractivity contribution is 8.15. The molecule has 0 saturated heterocycles. The van der Waals surface area contributed by atoms with Crippen LogP contribution in [0.1, 0.15) is 30.0 Å². The van der Waals surface area contributed by atoms with Gasteiger partial charge < -0.3 is 14.8 Å². The maximum absolute atomic E-state index is 12.8. The molecule has 3 aromatic rings. The van der Waals surface area contributed by atoms with Gasteiger partial charge in [-0.1, -0.05) is 41.6 Å². The fourth-order valence-electron chi connectivity index (χ4n) is 4.27. The zero-order valence-electron chi connectivity index (χ0n) is 20.8. The van der Waals surface area contributed by atoms with Gasteiger partial charge in [0.05, 0.1) is 26.0 Å². The van der Waals surface area contributed by atoms with E-state index in [0.717, 1.165) is 22.6 Å². The smallest absolute Gasteiger partial charge is 0.262 e. The van der Waals surface area contributed by atoms with Crippen molar-refractivity contribution in [2.45, 2.75) is 24.1 Å². The van der Waals surface area contributed by atoms with E-state index in [1.807, 2.05) is 48.5 Å². The van der Waals surface area contributed by atoms with Gasteiger partial charge in [-0.2, -0.15) is 10.1 Å². The predicted octanol–water partition coefficient (Wildman–Crippen LogP) is 5.54. The molecule has 0 aromatic heterocycles. The van der Waals surface area contributed by atoms with E-state index >= 15 is 0 Å². The fourth-order valence-corrected chi connectivity index (χ4v) is 5.46. The van der Waals surface area contributed by atoms with E-state index in [1.54, 1.807) is 43.5 Å². The number of carbonyl (C=O) groups excluding carboxylic acids is 2. The van der Waals surface area contributed by atoms with Crippen molar-refractivity contribution < 1.29 is 19.1 Å². The topological polar surface area (TPSA) is 92.6 Å². The number of benzene rings is 3. The second-order valence-electron chi connectivity index (χ2n) is 8.71. The molecule has 0 aliphatic carbocycles. The summed E-state index contributed by atoms with van der Waals surface area (Å²) in [7, 11) is 3.19. The normalized spacial score (nSPS) is 18.7. The molecule has 8 nitrogen and oxygen atoms in total. The number of carbonyl (C=O) groups is 2. The number of amides is 2. The molecular formula is C28H25ClN4O4S. The number of rotatable bonds is 7. The number of ether oxygens (including phenoxy) is 2. The summed E-state index contributed by atoms with van der Waals surface area (Å²) >= 11 is 7.38. The third kappa shape index (κ3) is 5.69. The molecule has 0 spiro atoms. The second kappa shape index (κ2) is 11.3. The molecule has 0 fully saturated rings. The van der Waals surface area contributed by atoms with Crippen LogP contribution in [-0.4, -0.2) is 47.2 Å². The molecule has 2 aliphatic rings. The van der Waals surface area contributed by atoms with Gasteiger partial charge in [0.2, 0.25) is 5.91 Å². The van der Waals surface area contributed by atoms with Crippen molar-refractivity contribution in [2.24, 2.45) is 10.1 Å². The van der Waals surface area contributed by atoms with Crippen LogP contribution in [0, 0.1) is 0 Å². The number of halogens is 1. The fraction of sp³-hybridized carbons (Fsp3) is 0.214. The first kappa shape index (κ1) is 25.8. The van der Waals surface area contributed by atoms with Crippen LogP contribution in [0.5, 0.6) is 11.5 Å². The SMILES string of the molecule is COc1ccc(C2=NN(C3=NC(=O)[C@H](CC(=O)Nc4cccc(OC)c4)S3)[C@@H](c3ccc(Cl)cc3)C2)cc1. The van der Waals surface area contributed by atoms with Gasteiger partial charge in [-0.15, -0.1) is 0 Å². The predicted molar refractivity (Wildman–Crippen MR) is 150 cm³/mol. The lowest BCUT2D eigenvalue weighted by Gasteiger charge is -2.23. The Kier molecular flexibility index (Phi) is 7.67. The summed E-state index contributed by atoms with van der Waals surface area (Å²) in [6.07, 6.45) is 0.602. The van der Waals surface area contributed by atoms with Crippen molar-refractivity contribution in [1.82, 2.24) is 5.01 Å². The van der Waals surface area contributed by atoms with Crippen molar-refractivity contribution in [3.63, 3.8) is 0 Å². The van der Waals surface area contributed by atoms with Crippen LogP contribution >= 0.6 is 23.4 Å². The summed E-state index contributed by atoms with van der Waals surface area (Å²) in [5.74, 6) is 0.759. The number of nitrogens with zero attached hydrogens (tertiary/aromatic N) is 3. The first-order valence-electron chi connectivity index (χ1n) is 11.9. The van der Waals surface area contributed by atoms with E-state index in [0.29, 0.717) is 28.0 Å². The Labute approximate surface area is 229 Å². The summed E-state index contributed by atoms with van der Waals surface area (Å²) in [6, 6.07) is 22.2. The third-order valence-corrected chi connectivity index (χ3v) is 7.63. The van der Waals surface area contributed by atoms with Crippen molar-refractivity contribution in [2.75, 3.05) is 19.5 Å². The van der Waals surface area contributed by atoms with Crippen LogP contribution in [0.3, 0.4) is 0 Å². The quantitative estimate of drug-likeness (QED) is 0.417. The number of thioether (sulfide) groups is 1. The first-order chi connectivity index (χ1) is 18.4. The van der Waals surface area contributed by atoms with Gasteiger partial charge in [-0.3, -0.25) is 9.59 Å². The zero-order valence-corrected chi connectivity index (χ0v) is 22.3. The number of nitrogens with one attached hydrogen (secondary N) is 1. The molecule has 0 radical (unpaired) electrons. The molecule has 2 heterocycles. The molecule has 2 atom stereocenters. The Balaban J connectivity index is 1.34. The van der Waals surface area contributed by atoms with Gasteiger partial charge in [0.1, 0.15) is 16.7 Å². The molecule has 2 amide bonds. The van der Waals surface area contributed by atoms with E-state index in [9.17, 15) is 9.59 Å². The van der Waals surface area contributed by atoms with Crippen molar-refractivity contribution >= 4 is 51.7 Å². The molecule has 1 N–H and O–H groups in total. The molecule has 3 aromatic carbocycles. The largest absolute Gasteiger partial charge is 0.497 e. The third-order valence-electron chi connectivity index (χ3n) is 6.24. The summed E-state index contributed by atoms with van der Waals surface area (Å²) in [5.41, 5.74) is 3.41. The van der Waals surface area contributed by atoms with Crippen molar-refractivity contribution in [3.05, 3.63) is 88.9 Å². The summed E-state index contributed by atoms with van der Waals surface area (Å²) in [4.78, 5) is 29.8. The molecule has 5 rings (SSSR count). The lowest BCUT2D eigenvalue weighted by atomic mass is 9.98. The molecule has 2 aliphatic heterocycles. The Morgan fingerprint density at radius 1 is 1.05 bits per heavy atom. The summed E-state index contributed by atoms with van der Waals surface area (Å²) in [5, 5.41) is 9.95. The van der Waals surface area contributed by atoms with E-state index in [2.05, 4.69) is 10.3 Å². The Hall–Kier alpha value is -3.82. The van der Waals surface area contributed by atoms with Crippen LogP contribution in [0.2, 0.25) is 5.02 Å². The maximum Gasteiger partial charge on any atom is 0.262 e. The zero-order chi connectivity index (χ0) is 26.6. The number of methoxy groups -OCH3 is 2. The number of hydrogen-bond acceptors (Lipinski definition) is 7. The van der Waals surface area contributed by atoms with E-state index in [-0.39, 0.29) is 24.3 Å². The molecule has 0 bridgehead atoms. The van der Waals surface area contributed by atoms with Crippen LogP contribution in [-0.2, 0) is 9.59 Å². The van der Waals surface area contributed by atoms with E-state index < -0.39 is 5.25 Å². The molecule has 194 valence electrons. The lowest BCUT2D eigenvalue weighted by molar-refractivity contribution is -0.121. The van der Waals surface area contributed by atoms with Crippen LogP contribution in [0.15, 0.2) is 82.9 Å². The molecule has 10 heteroatoms. The van der Waals surface area contributed by atoms with Crippen molar-refractivity contribution in [1.29, 1.82) is 0 Å². The number of hydrazone groups is 1. The molecule has 0 unspecified atom stereocenters. The van der Waals surface area contributed by atoms with Crippen LogP contribution < -0.4 is 14.8 Å². The first-order valence-corrected chi connectivity index (χ1v) is 13.2. The van der Waals surface area contributed by atoms with Gasteiger partial charge in [-0.05, 0) is 59.7 Å². The Bertz CT molecular complexity index is 1410. The second-order valence-corrected chi connectivity index (χ2v) is 10.3. The van der Waals surface area contributed by atoms with E-state index in [4.69, 9.17) is 26.2 Å². The number of hydrogen-bond donors (Lipinski definition) is 1. The van der Waals surface area contributed by atoms with Gasteiger partial charge in [0.15, 0.2) is 5.17 Å². The molecule has 0 saturated carbocycles. The highest BCUT2D eigenvalue weighted by Crippen LogP contribution is 2.39. The number of amidine groups is 1. The Morgan fingerprint density at radius 3 is 2.50 bits per heavy atom. The summed E-state index contributed by atoms with van der Waals surface area (Å²) in [6.45, 7) is 0. The highest BCUT2D eigenvalue weighted by Gasteiger charge is 2.39. The van der Waals surface area contributed by atoms with E-state index in [1.165, 1.54) is 11.8 Å². The van der Waals surface area contributed by atoms with Crippen molar-refractivity contribution in [3.8, 4) is 11.5 Å². The highest BCUT2D eigenvalue weighted by atomic mass is 35.5. The average Bonchev–Trinajstić information content (AvgIpc) is 3.53. The Morgan fingerprint density at radius 2 is 1.79 bits per heavy atom. The van der Waals surface area contributed by atoms with Crippen LogP contribution in [0.25, 0.3) is 0 Å². The van der Waals surface area contributed by atoms with Crippen LogP contribution in [0.4, 0.5) is 5.69 Å². The average molecular weight is 549 g/mol. The van der Waals surface area contributed by atoms with Gasteiger partial charge >= 0.3 is 0 Å². The molecule has 38 heavy (non-hydrogen) atoms. The minimum Gasteiger partial charge on any atom is -0.497 e. The lowest BCUT2D eigenvalue weighted by Crippen LogP contribution is -2.25. The molecular weight excluding hydrogens is 524 g/mol.